The molecule has 1 rings (SSSR count). The minimum atomic E-state index is -0.447. The first-order chi connectivity index (χ1) is 7.56. The number of phenolic OH excluding ortho intramolecular Hbond substituents is 1. The molecule has 2 N–H and O–H groups in total. The second kappa shape index (κ2) is 6.47. The molecule has 1 atom stereocenters. The lowest BCUT2D eigenvalue weighted by Crippen LogP contribution is -2.21. The van der Waals surface area contributed by atoms with E-state index in [1.54, 1.807) is 17.8 Å². The third-order valence-corrected chi connectivity index (χ3v) is 3.51. The lowest BCUT2D eigenvalue weighted by atomic mass is 10.1. The van der Waals surface area contributed by atoms with Gasteiger partial charge in [-0.05, 0) is 35.2 Å². The highest BCUT2D eigenvalue weighted by Crippen LogP contribution is 2.29. The van der Waals surface area contributed by atoms with Gasteiger partial charge in [-0.25, -0.2) is 4.39 Å². The highest BCUT2D eigenvalue weighted by atomic mass is 79.9. The van der Waals surface area contributed by atoms with E-state index in [9.17, 15) is 9.50 Å². The van der Waals surface area contributed by atoms with Crippen LogP contribution in [0.5, 0.6) is 5.75 Å². The van der Waals surface area contributed by atoms with E-state index in [-0.39, 0.29) is 11.8 Å². The molecule has 5 heteroatoms. The summed E-state index contributed by atoms with van der Waals surface area (Å²) in [5, 5.41) is 12.9. The SMILES string of the molecule is CSCCNC(C)c1cc(Br)c(F)cc1O. The van der Waals surface area contributed by atoms with Gasteiger partial charge in [0, 0.05) is 30.0 Å². The van der Waals surface area contributed by atoms with Crippen LogP contribution in [0.25, 0.3) is 0 Å². The van der Waals surface area contributed by atoms with Gasteiger partial charge in [0.1, 0.15) is 11.6 Å². The van der Waals surface area contributed by atoms with E-state index >= 15 is 0 Å². The molecule has 1 unspecified atom stereocenters. The summed E-state index contributed by atoms with van der Waals surface area (Å²) in [6.45, 7) is 2.80. The van der Waals surface area contributed by atoms with E-state index in [2.05, 4.69) is 21.2 Å². The van der Waals surface area contributed by atoms with Gasteiger partial charge in [0.15, 0.2) is 0 Å². The van der Waals surface area contributed by atoms with Crippen LogP contribution in [0.2, 0.25) is 0 Å². The number of rotatable bonds is 5. The molecule has 0 radical (unpaired) electrons. The number of hydrogen-bond donors (Lipinski definition) is 2. The minimum Gasteiger partial charge on any atom is -0.508 e. The Bertz CT molecular complexity index is 362. The lowest BCUT2D eigenvalue weighted by Gasteiger charge is -2.15. The van der Waals surface area contributed by atoms with Crippen LogP contribution in [0.3, 0.4) is 0 Å². The van der Waals surface area contributed by atoms with Crippen molar-refractivity contribution in [2.24, 2.45) is 0 Å². The summed E-state index contributed by atoms with van der Waals surface area (Å²) in [5.41, 5.74) is 0.703. The first kappa shape index (κ1) is 13.8. The molecule has 0 aliphatic heterocycles. The molecular weight excluding hydrogens is 293 g/mol. The Balaban J connectivity index is 2.75. The monoisotopic (exact) mass is 307 g/mol. The quantitative estimate of drug-likeness (QED) is 0.819. The molecule has 0 amide bonds. The number of benzene rings is 1. The fraction of sp³-hybridized carbons (Fsp3) is 0.455. The first-order valence-electron chi connectivity index (χ1n) is 4.96. The van der Waals surface area contributed by atoms with Gasteiger partial charge in [-0.15, -0.1) is 0 Å². The van der Waals surface area contributed by atoms with Crippen LogP contribution >= 0.6 is 27.7 Å². The standard InChI is InChI=1S/C11H15BrFNOS/c1-7(14-3-4-16-2)8-5-9(12)10(13)6-11(8)15/h5-7,14-15H,3-4H2,1-2H3. The molecule has 16 heavy (non-hydrogen) atoms. The van der Waals surface area contributed by atoms with Gasteiger partial charge in [0.2, 0.25) is 0 Å². The van der Waals surface area contributed by atoms with E-state index in [0.29, 0.717) is 10.0 Å². The molecule has 0 heterocycles. The summed E-state index contributed by atoms with van der Waals surface area (Å²) in [6.07, 6.45) is 2.04. The van der Waals surface area contributed by atoms with Crippen LogP contribution in [0.1, 0.15) is 18.5 Å². The Morgan fingerprint density at radius 1 is 1.56 bits per heavy atom. The van der Waals surface area contributed by atoms with Crippen molar-refractivity contribution in [3.8, 4) is 5.75 Å². The Hall–Kier alpha value is -0.260. The molecule has 0 spiro atoms. The minimum absolute atomic E-state index is 0.00375. The Morgan fingerprint density at radius 3 is 2.88 bits per heavy atom. The number of hydrogen-bond acceptors (Lipinski definition) is 3. The molecule has 0 aliphatic rings. The van der Waals surface area contributed by atoms with Crippen LogP contribution in [-0.2, 0) is 0 Å². The molecule has 0 saturated carbocycles. The summed E-state index contributed by atoms with van der Waals surface area (Å²) in [6, 6.07) is 2.75. The van der Waals surface area contributed by atoms with Crippen molar-refractivity contribution in [1.29, 1.82) is 0 Å². The highest BCUT2D eigenvalue weighted by molar-refractivity contribution is 9.10. The number of aromatic hydroxyl groups is 1. The summed E-state index contributed by atoms with van der Waals surface area (Å²) in [4.78, 5) is 0. The van der Waals surface area contributed by atoms with E-state index in [4.69, 9.17) is 0 Å². The summed E-state index contributed by atoms with van der Waals surface area (Å²) < 4.78 is 13.5. The Labute approximate surface area is 108 Å². The molecule has 0 bridgehead atoms. The molecule has 90 valence electrons. The Morgan fingerprint density at radius 2 is 2.25 bits per heavy atom. The van der Waals surface area contributed by atoms with E-state index in [0.717, 1.165) is 18.4 Å². The van der Waals surface area contributed by atoms with Crippen molar-refractivity contribution in [2.45, 2.75) is 13.0 Å². The molecule has 1 aromatic rings. The molecule has 0 aliphatic carbocycles. The van der Waals surface area contributed by atoms with Crippen LogP contribution in [0.4, 0.5) is 4.39 Å². The summed E-state index contributed by atoms with van der Waals surface area (Å²) in [5.74, 6) is 0.551. The van der Waals surface area contributed by atoms with E-state index in [1.165, 1.54) is 0 Å². The number of phenols is 1. The molecular formula is C11H15BrFNOS. The maximum Gasteiger partial charge on any atom is 0.141 e. The van der Waals surface area contributed by atoms with Crippen molar-refractivity contribution < 1.29 is 9.50 Å². The Kier molecular flexibility index (Phi) is 5.58. The fourth-order valence-corrected chi connectivity index (χ4v) is 2.07. The molecule has 0 aromatic heterocycles. The molecule has 2 nitrogen and oxygen atoms in total. The zero-order chi connectivity index (χ0) is 12.1. The van der Waals surface area contributed by atoms with Gasteiger partial charge in [-0.1, -0.05) is 0 Å². The maximum atomic E-state index is 13.1. The normalized spacial score (nSPS) is 12.8. The number of thioether (sulfide) groups is 1. The van der Waals surface area contributed by atoms with E-state index in [1.807, 2.05) is 13.2 Å². The first-order valence-corrected chi connectivity index (χ1v) is 7.15. The number of halogens is 2. The smallest absolute Gasteiger partial charge is 0.141 e. The zero-order valence-corrected chi connectivity index (χ0v) is 11.7. The lowest BCUT2D eigenvalue weighted by molar-refractivity contribution is 0.448. The number of nitrogens with one attached hydrogen (secondary N) is 1. The molecule has 0 saturated heterocycles. The van der Waals surface area contributed by atoms with Crippen molar-refractivity contribution in [3.63, 3.8) is 0 Å². The third-order valence-electron chi connectivity index (χ3n) is 2.29. The highest BCUT2D eigenvalue weighted by Gasteiger charge is 2.12. The van der Waals surface area contributed by atoms with Crippen molar-refractivity contribution in [1.82, 2.24) is 5.32 Å². The van der Waals surface area contributed by atoms with E-state index < -0.39 is 5.82 Å². The largest absolute Gasteiger partial charge is 0.508 e. The average Bonchev–Trinajstić information content (AvgIpc) is 2.23. The van der Waals surface area contributed by atoms with Gasteiger partial charge in [0.05, 0.1) is 4.47 Å². The summed E-state index contributed by atoms with van der Waals surface area (Å²) >= 11 is 4.87. The second-order valence-electron chi connectivity index (χ2n) is 3.49. The second-order valence-corrected chi connectivity index (χ2v) is 5.33. The van der Waals surface area contributed by atoms with Crippen molar-refractivity contribution in [2.75, 3.05) is 18.6 Å². The van der Waals surface area contributed by atoms with Crippen LogP contribution in [-0.4, -0.2) is 23.7 Å². The average molecular weight is 308 g/mol. The van der Waals surface area contributed by atoms with Gasteiger partial charge in [0.25, 0.3) is 0 Å². The van der Waals surface area contributed by atoms with Gasteiger partial charge < -0.3 is 10.4 Å². The topological polar surface area (TPSA) is 32.3 Å². The molecule has 0 fully saturated rings. The predicted octanol–water partition coefficient (Wildman–Crippen LogP) is 3.31. The third kappa shape index (κ3) is 3.64. The van der Waals surface area contributed by atoms with Gasteiger partial charge >= 0.3 is 0 Å². The van der Waals surface area contributed by atoms with Gasteiger partial charge in [-0.3, -0.25) is 0 Å². The zero-order valence-electron chi connectivity index (χ0n) is 9.26. The van der Waals surface area contributed by atoms with Crippen LogP contribution in [0, 0.1) is 5.82 Å². The predicted molar refractivity (Wildman–Crippen MR) is 70.6 cm³/mol. The van der Waals surface area contributed by atoms with Crippen LogP contribution in [0.15, 0.2) is 16.6 Å². The van der Waals surface area contributed by atoms with Gasteiger partial charge in [-0.2, -0.15) is 11.8 Å². The molecule has 1 aromatic carbocycles. The summed E-state index contributed by atoms with van der Waals surface area (Å²) in [7, 11) is 0. The van der Waals surface area contributed by atoms with Crippen LogP contribution < -0.4 is 5.32 Å². The van der Waals surface area contributed by atoms with Crippen molar-refractivity contribution in [3.05, 3.63) is 28.0 Å². The van der Waals surface area contributed by atoms with Crippen molar-refractivity contribution >= 4 is 27.7 Å². The fourth-order valence-electron chi connectivity index (χ4n) is 1.39. The maximum absolute atomic E-state index is 13.1.